The second-order valence-corrected chi connectivity index (χ2v) is 7.78. The fraction of sp³-hybridized carbons (Fsp3) is 0.308. The summed E-state index contributed by atoms with van der Waals surface area (Å²) in [7, 11) is 4.71. The van der Waals surface area contributed by atoms with Gasteiger partial charge in [-0.2, -0.15) is 0 Å². The van der Waals surface area contributed by atoms with Crippen LogP contribution >= 0.6 is 0 Å². The Labute approximate surface area is 193 Å². The van der Waals surface area contributed by atoms with Crippen molar-refractivity contribution in [1.29, 1.82) is 0 Å². The number of benzene rings is 3. The van der Waals surface area contributed by atoms with Gasteiger partial charge >= 0.3 is 0 Å². The number of phenols is 1. The van der Waals surface area contributed by atoms with Crippen molar-refractivity contribution in [1.82, 2.24) is 0 Å². The van der Waals surface area contributed by atoms with E-state index < -0.39 is 12.2 Å². The Bertz CT molecular complexity index is 1090. The van der Waals surface area contributed by atoms with Crippen molar-refractivity contribution in [2.75, 3.05) is 27.9 Å². The van der Waals surface area contributed by atoms with Crippen LogP contribution in [0.25, 0.3) is 0 Å². The maximum atomic E-state index is 9.96. The maximum Gasteiger partial charge on any atom is 0.204 e. The third-order valence-electron chi connectivity index (χ3n) is 5.73. The quantitative estimate of drug-likeness (QED) is 0.533. The molecule has 0 fully saturated rings. The van der Waals surface area contributed by atoms with Gasteiger partial charge in [-0.25, -0.2) is 0 Å². The van der Waals surface area contributed by atoms with Gasteiger partial charge in [-0.1, -0.05) is 18.2 Å². The molecule has 0 spiro atoms. The predicted molar refractivity (Wildman–Crippen MR) is 123 cm³/mol. The highest BCUT2D eigenvalue weighted by Gasteiger charge is 2.35. The Balaban J connectivity index is 1.60. The van der Waals surface area contributed by atoms with E-state index in [0.717, 1.165) is 29.7 Å². The second kappa shape index (κ2) is 9.92. The summed E-state index contributed by atoms with van der Waals surface area (Å²) in [5.74, 6) is 2.74. The second-order valence-electron chi connectivity index (χ2n) is 7.78. The molecule has 2 N–H and O–H groups in total. The highest BCUT2D eigenvalue weighted by Crippen LogP contribution is 2.47. The average Bonchev–Trinajstić information content (AvgIpc) is 2.86. The molecule has 0 aliphatic carbocycles. The zero-order valence-electron chi connectivity index (χ0n) is 18.9. The predicted octanol–water partition coefficient (Wildman–Crippen LogP) is 4.08. The van der Waals surface area contributed by atoms with Crippen molar-refractivity contribution < 1.29 is 33.9 Å². The smallest absolute Gasteiger partial charge is 0.204 e. The number of rotatable bonds is 8. The Hall–Kier alpha value is -3.58. The molecule has 0 unspecified atom stereocenters. The van der Waals surface area contributed by atoms with Crippen LogP contribution in [0.4, 0.5) is 0 Å². The molecule has 174 valence electrons. The Kier molecular flexibility index (Phi) is 6.79. The molecule has 2 atom stereocenters. The van der Waals surface area contributed by atoms with E-state index in [-0.39, 0.29) is 12.4 Å². The van der Waals surface area contributed by atoms with Crippen molar-refractivity contribution in [3.63, 3.8) is 0 Å². The number of methoxy groups -OCH3 is 3. The molecule has 0 bridgehead atoms. The lowest BCUT2D eigenvalue weighted by atomic mass is 10.0. The van der Waals surface area contributed by atoms with Gasteiger partial charge in [0.05, 0.1) is 27.9 Å². The summed E-state index contributed by atoms with van der Waals surface area (Å²) >= 11 is 0. The van der Waals surface area contributed by atoms with E-state index in [2.05, 4.69) is 0 Å². The van der Waals surface area contributed by atoms with Crippen molar-refractivity contribution in [3.8, 4) is 34.5 Å². The number of phenolic OH excluding ortho intramolecular Hbond substituents is 1. The van der Waals surface area contributed by atoms with Crippen molar-refractivity contribution >= 4 is 0 Å². The first-order valence-electron chi connectivity index (χ1n) is 10.7. The molecule has 1 heterocycles. The first kappa shape index (κ1) is 22.6. The molecule has 0 aromatic heterocycles. The van der Waals surface area contributed by atoms with Gasteiger partial charge in [-0.15, -0.1) is 0 Å². The molecule has 0 radical (unpaired) electrons. The third-order valence-corrected chi connectivity index (χ3v) is 5.73. The van der Waals surface area contributed by atoms with Gasteiger partial charge in [0.2, 0.25) is 5.75 Å². The summed E-state index contributed by atoms with van der Waals surface area (Å²) in [6.07, 6.45) is 0.384. The van der Waals surface area contributed by atoms with Crippen LogP contribution in [0.2, 0.25) is 0 Å². The Morgan fingerprint density at radius 1 is 0.788 bits per heavy atom. The number of fused-ring (bicyclic) bond motifs is 1. The number of hydrogen-bond acceptors (Lipinski definition) is 7. The van der Waals surface area contributed by atoms with Crippen molar-refractivity contribution in [2.24, 2.45) is 0 Å². The number of aromatic hydroxyl groups is 1. The van der Waals surface area contributed by atoms with Gasteiger partial charge in [0, 0.05) is 5.56 Å². The minimum atomic E-state index is -0.647. The summed E-state index contributed by atoms with van der Waals surface area (Å²) in [6.45, 7) is -0.254. The van der Waals surface area contributed by atoms with E-state index in [0.29, 0.717) is 23.0 Å². The van der Waals surface area contributed by atoms with Crippen LogP contribution in [0.1, 0.15) is 22.8 Å². The number of hydrogen-bond donors (Lipinski definition) is 2. The molecule has 0 saturated heterocycles. The molecule has 4 rings (SSSR count). The Morgan fingerprint density at radius 3 is 2.18 bits per heavy atom. The summed E-state index contributed by atoms with van der Waals surface area (Å²) in [5, 5.41) is 19.9. The van der Waals surface area contributed by atoms with Crippen molar-refractivity contribution in [2.45, 2.75) is 25.0 Å². The minimum Gasteiger partial charge on any atom is -0.504 e. The Morgan fingerprint density at radius 2 is 1.52 bits per heavy atom. The monoisotopic (exact) mass is 452 g/mol. The minimum absolute atomic E-state index is 0.0291. The lowest BCUT2D eigenvalue weighted by Crippen LogP contribution is -2.36. The molecule has 3 aromatic carbocycles. The molecule has 1 aliphatic heterocycles. The van der Waals surface area contributed by atoms with E-state index in [1.807, 2.05) is 36.4 Å². The molecule has 1 aliphatic rings. The van der Waals surface area contributed by atoms with Gasteiger partial charge < -0.3 is 33.9 Å². The molecule has 0 amide bonds. The molecule has 3 aromatic rings. The maximum absolute atomic E-state index is 9.96. The molecule has 0 saturated carbocycles. The van der Waals surface area contributed by atoms with E-state index in [1.54, 1.807) is 26.4 Å². The standard InChI is InChI=1S/C26H28O7/c1-29-19-9-6-16(7-10-19)4-5-17-12-22(31-3)26-23(13-17)32-25(24(15-27)33-26)18-8-11-20(28)21(14-18)30-2/h6-14,24-25,27-28H,4-5,15H2,1-3H3/t24-,25-/m0/s1. The number of aliphatic hydroxyl groups is 1. The molecule has 7 heteroatoms. The first-order valence-corrected chi connectivity index (χ1v) is 10.7. The van der Waals surface area contributed by atoms with E-state index >= 15 is 0 Å². The fourth-order valence-corrected chi connectivity index (χ4v) is 3.92. The SMILES string of the molecule is COc1ccc(CCc2cc(OC)c3c(c2)O[C@@H](c2ccc(O)c(OC)c2)[C@H](CO)O3)cc1. The van der Waals surface area contributed by atoms with Crippen LogP contribution in [0.3, 0.4) is 0 Å². The van der Waals surface area contributed by atoms with Crippen LogP contribution in [-0.2, 0) is 12.8 Å². The van der Waals surface area contributed by atoms with Crippen LogP contribution in [-0.4, -0.2) is 44.3 Å². The van der Waals surface area contributed by atoms with E-state index in [4.69, 9.17) is 23.7 Å². The summed E-state index contributed by atoms with van der Waals surface area (Å²) in [4.78, 5) is 0. The van der Waals surface area contributed by atoms with E-state index in [1.165, 1.54) is 18.7 Å². The van der Waals surface area contributed by atoms with Crippen LogP contribution in [0.5, 0.6) is 34.5 Å². The van der Waals surface area contributed by atoms with Crippen LogP contribution < -0.4 is 23.7 Å². The topological polar surface area (TPSA) is 86.6 Å². The molecular weight excluding hydrogens is 424 g/mol. The van der Waals surface area contributed by atoms with Gasteiger partial charge in [0.25, 0.3) is 0 Å². The summed E-state index contributed by atoms with van der Waals surface area (Å²) in [5.41, 5.74) is 2.95. The van der Waals surface area contributed by atoms with Gasteiger partial charge in [-0.05, 0) is 60.4 Å². The van der Waals surface area contributed by atoms with Crippen molar-refractivity contribution in [3.05, 3.63) is 71.3 Å². The van der Waals surface area contributed by atoms with Crippen LogP contribution in [0.15, 0.2) is 54.6 Å². The molecule has 7 nitrogen and oxygen atoms in total. The van der Waals surface area contributed by atoms with Gasteiger partial charge in [0.15, 0.2) is 35.2 Å². The van der Waals surface area contributed by atoms with Gasteiger partial charge in [0.1, 0.15) is 5.75 Å². The van der Waals surface area contributed by atoms with Gasteiger partial charge in [-0.3, -0.25) is 0 Å². The number of ether oxygens (including phenoxy) is 5. The number of aliphatic hydroxyl groups excluding tert-OH is 1. The largest absolute Gasteiger partial charge is 0.504 e. The molecular formula is C26H28O7. The lowest BCUT2D eigenvalue weighted by molar-refractivity contribution is -0.0142. The van der Waals surface area contributed by atoms with Crippen LogP contribution in [0, 0.1) is 0 Å². The highest BCUT2D eigenvalue weighted by molar-refractivity contribution is 5.56. The lowest BCUT2D eigenvalue weighted by Gasteiger charge is -2.34. The zero-order chi connectivity index (χ0) is 23.4. The summed E-state index contributed by atoms with van der Waals surface area (Å²) in [6, 6.07) is 16.8. The third kappa shape index (κ3) is 4.78. The average molecular weight is 453 g/mol. The zero-order valence-corrected chi connectivity index (χ0v) is 18.9. The van der Waals surface area contributed by atoms with E-state index in [9.17, 15) is 10.2 Å². The first-order chi connectivity index (χ1) is 16.1. The normalized spacial score (nSPS) is 16.8. The molecule has 33 heavy (non-hydrogen) atoms. The summed E-state index contributed by atoms with van der Waals surface area (Å²) < 4.78 is 28.4. The number of aryl methyl sites for hydroxylation is 2. The fourth-order valence-electron chi connectivity index (χ4n) is 3.92. The highest BCUT2D eigenvalue weighted by atomic mass is 16.6.